The Morgan fingerprint density at radius 2 is 1.78 bits per heavy atom. The largest absolute Gasteiger partial charge is 0.508 e. The number of benzene rings is 2. The maximum atomic E-state index is 9.65. The van der Waals surface area contributed by atoms with E-state index in [4.69, 9.17) is 0 Å². The maximum Gasteiger partial charge on any atom is 0.140 e. The van der Waals surface area contributed by atoms with Gasteiger partial charge in [-0.05, 0) is 37.4 Å². The second-order valence-corrected chi connectivity index (χ2v) is 5.98. The van der Waals surface area contributed by atoms with Crippen LogP contribution in [0.1, 0.15) is 11.1 Å². The van der Waals surface area contributed by atoms with E-state index < -0.39 is 0 Å². The molecule has 3 aromatic rings. The smallest absolute Gasteiger partial charge is 0.140 e. The van der Waals surface area contributed by atoms with Gasteiger partial charge in [0.2, 0.25) is 0 Å². The van der Waals surface area contributed by atoms with E-state index in [9.17, 15) is 5.11 Å². The van der Waals surface area contributed by atoms with E-state index in [-0.39, 0.29) is 5.75 Å². The molecule has 4 nitrogen and oxygen atoms in total. The fourth-order valence-corrected chi connectivity index (χ4v) is 2.65. The van der Waals surface area contributed by atoms with Crippen LogP contribution in [-0.4, -0.2) is 33.7 Å². The van der Waals surface area contributed by atoms with Crippen molar-refractivity contribution in [2.75, 3.05) is 14.1 Å². The van der Waals surface area contributed by atoms with Gasteiger partial charge in [0, 0.05) is 31.0 Å². The van der Waals surface area contributed by atoms with Gasteiger partial charge in [0.05, 0.1) is 0 Å². The molecule has 1 aromatic heterocycles. The van der Waals surface area contributed by atoms with Gasteiger partial charge in [0.25, 0.3) is 0 Å². The van der Waals surface area contributed by atoms with Crippen molar-refractivity contribution in [3.8, 4) is 17.1 Å². The summed E-state index contributed by atoms with van der Waals surface area (Å²) in [6.45, 7) is 1.70. The fraction of sp³-hybridized carbons (Fsp3) is 0.211. The van der Waals surface area contributed by atoms with Crippen LogP contribution in [0.4, 0.5) is 0 Å². The van der Waals surface area contributed by atoms with Crippen LogP contribution in [0.2, 0.25) is 0 Å². The summed E-state index contributed by atoms with van der Waals surface area (Å²) >= 11 is 0. The SMILES string of the molecule is CN(C)Cc1ccc(Cn2ccnc2-c2cccc(O)c2)cc1. The summed E-state index contributed by atoms with van der Waals surface area (Å²) in [5.41, 5.74) is 3.45. The van der Waals surface area contributed by atoms with Crippen LogP contribution in [0.25, 0.3) is 11.4 Å². The number of aromatic hydroxyl groups is 1. The quantitative estimate of drug-likeness (QED) is 0.786. The highest BCUT2D eigenvalue weighted by Gasteiger charge is 2.07. The first kappa shape index (κ1) is 15.3. The topological polar surface area (TPSA) is 41.3 Å². The monoisotopic (exact) mass is 307 g/mol. The van der Waals surface area contributed by atoms with Crippen molar-refractivity contribution in [1.82, 2.24) is 14.5 Å². The number of hydrogen-bond donors (Lipinski definition) is 1. The van der Waals surface area contributed by atoms with Crippen LogP contribution < -0.4 is 0 Å². The van der Waals surface area contributed by atoms with Crippen LogP contribution in [0.15, 0.2) is 60.9 Å². The zero-order valence-corrected chi connectivity index (χ0v) is 13.5. The molecular weight excluding hydrogens is 286 g/mol. The van der Waals surface area contributed by atoms with E-state index in [1.807, 2.05) is 18.3 Å². The Balaban J connectivity index is 1.80. The molecular formula is C19H21N3O. The Bertz CT molecular complexity index is 775. The summed E-state index contributed by atoms with van der Waals surface area (Å²) in [7, 11) is 4.14. The van der Waals surface area contributed by atoms with Gasteiger partial charge in [-0.3, -0.25) is 0 Å². The third-order valence-corrected chi connectivity index (χ3v) is 3.69. The van der Waals surface area contributed by atoms with Crippen LogP contribution in [0.5, 0.6) is 5.75 Å². The lowest BCUT2D eigenvalue weighted by Gasteiger charge is -2.11. The van der Waals surface area contributed by atoms with Gasteiger partial charge in [-0.25, -0.2) is 4.98 Å². The first-order valence-corrected chi connectivity index (χ1v) is 7.65. The van der Waals surface area contributed by atoms with Crippen molar-refractivity contribution in [1.29, 1.82) is 0 Å². The molecule has 3 rings (SSSR count). The second kappa shape index (κ2) is 6.67. The summed E-state index contributed by atoms with van der Waals surface area (Å²) in [6.07, 6.45) is 3.76. The predicted molar refractivity (Wildman–Crippen MR) is 92.3 cm³/mol. The molecule has 23 heavy (non-hydrogen) atoms. The van der Waals surface area contributed by atoms with Crippen molar-refractivity contribution in [3.05, 3.63) is 72.1 Å². The lowest BCUT2D eigenvalue weighted by molar-refractivity contribution is 0.402. The zero-order chi connectivity index (χ0) is 16.2. The molecule has 0 spiro atoms. The van der Waals surface area contributed by atoms with Gasteiger partial charge >= 0.3 is 0 Å². The zero-order valence-electron chi connectivity index (χ0n) is 13.5. The summed E-state index contributed by atoms with van der Waals surface area (Å²) in [4.78, 5) is 6.58. The highest BCUT2D eigenvalue weighted by molar-refractivity contribution is 5.58. The first-order chi connectivity index (χ1) is 11.1. The van der Waals surface area contributed by atoms with Crippen LogP contribution in [0.3, 0.4) is 0 Å². The Hall–Kier alpha value is -2.59. The van der Waals surface area contributed by atoms with Crippen molar-refractivity contribution in [2.24, 2.45) is 0 Å². The van der Waals surface area contributed by atoms with Crippen LogP contribution in [-0.2, 0) is 13.1 Å². The van der Waals surface area contributed by atoms with E-state index in [1.165, 1.54) is 11.1 Å². The van der Waals surface area contributed by atoms with Crippen molar-refractivity contribution in [3.63, 3.8) is 0 Å². The highest BCUT2D eigenvalue weighted by atomic mass is 16.3. The molecule has 0 aliphatic rings. The second-order valence-electron chi connectivity index (χ2n) is 5.98. The molecule has 0 aliphatic heterocycles. The van der Waals surface area contributed by atoms with E-state index >= 15 is 0 Å². The molecule has 1 heterocycles. The Kier molecular flexibility index (Phi) is 4.44. The van der Waals surface area contributed by atoms with Gasteiger partial charge < -0.3 is 14.6 Å². The molecule has 0 saturated carbocycles. The van der Waals surface area contributed by atoms with Crippen molar-refractivity contribution in [2.45, 2.75) is 13.1 Å². The number of imidazole rings is 1. The first-order valence-electron chi connectivity index (χ1n) is 7.65. The van der Waals surface area contributed by atoms with E-state index in [1.54, 1.807) is 18.3 Å². The number of rotatable bonds is 5. The molecule has 0 bridgehead atoms. The molecule has 0 aliphatic carbocycles. The van der Waals surface area contributed by atoms with Crippen molar-refractivity contribution >= 4 is 0 Å². The lowest BCUT2D eigenvalue weighted by atomic mass is 10.1. The number of phenolic OH excluding ortho intramolecular Hbond substituents is 1. The fourth-order valence-electron chi connectivity index (χ4n) is 2.65. The average molecular weight is 307 g/mol. The van der Waals surface area contributed by atoms with Gasteiger partial charge in [0.15, 0.2) is 0 Å². The van der Waals surface area contributed by atoms with Crippen LogP contribution in [0, 0.1) is 0 Å². The van der Waals surface area contributed by atoms with Crippen molar-refractivity contribution < 1.29 is 5.11 Å². The third-order valence-electron chi connectivity index (χ3n) is 3.69. The minimum atomic E-state index is 0.255. The summed E-state index contributed by atoms with van der Waals surface area (Å²) in [6, 6.07) is 15.8. The standard InChI is InChI=1S/C19H21N3O/c1-21(2)13-15-6-8-16(9-7-15)14-22-11-10-20-19(22)17-4-3-5-18(23)12-17/h3-12,23H,13-14H2,1-2H3. The van der Waals surface area contributed by atoms with Crippen LogP contribution >= 0.6 is 0 Å². The lowest BCUT2D eigenvalue weighted by Crippen LogP contribution is -2.10. The normalized spacial score (nSPS) is 11.1. The molecule has 0 radical (unpaired) electrons. The van der Waals surface area contributed by atoms with Gasteiger partial charge in [-0.1, -0.05) is 36.4 Å². The third kappa shape index (κ3) is 3.79. The molecule has 1 N–H and O–H groups in total. The molecule has 0 atom stereocenters. The van der Waals surface area contributed by atoms with Gasteiger partial charge in [0.1, 0.15) is 11.6 Å². The van der Waals surface area contributed by atoms with E-state index in [2.05, 4.69) is 52.8 Å². The molecule has 4 heteroatoms. The highest BCUT2D eigenvalue weighted by Crippen LogP contribution is 2.22. The average Bonchev–Trinajstić information content (AvgIpc) is 2.97. The Morgan fingerprint density at radius 3 is 2.48 bits per heavy atom. The molecule has 118 valence electrons. The number of phenols is 1. The molecule has 0 unspecified atom stereocenters. The minimum absolute atomic E-state index is 0.255. The summed E-state index contributed by atoms with van der Waals surface area (Å²) in [5.74, 6) is 1.11. The number of aromatic nitrogens is 2. The van der Waals surface area contributed by atoms with Gasteiger partial charge in [-0.2, -0.15) is 0 Å². The molecule has 2 aromatic carbocycles. The molecule has 0 saturated heterocycles. The van der Waals surface area contributed by atoms with Gasteiger partial charge in [-0.15, -0.1) is 0 Å². The Labute approximate surface area is 136 Å². The predicted octanol–water partition coefficient (Wildman–Crippen LogP) is 3.37. The number of hydrogen-bond acceptors (Lipinski definition) is 3. The maximum absolute atomic E-state index is 9.65. The Morgan fingerprint density at radius 1 is 1.04 bits per heavy atom. The number of nitrogens with zero attached hydrogens (tertiary/aromatic N) is 3. The van der Waals surface area contributed by atoms with E-state index in [0.717, 1.165) is 24.5 Å². The minimum Gasteiger partial charge on any atom is -0.508 e. The molecule has 0 fully saturated rings. The van der Waals surface area contributed by atoms with E-state index in [0.29, 0.717) is 0 Å². The summed E-state index contributed by atoms with van der Waals surface area (Å²) in [5, 5.41) is 9.65. The summed E-state index contributed by atoms with van der Waals surface area (Å²) < 4.78 is 2.09. The molecule has 0 amide bonds.